The average Bonchev–Trinajstić information content (AvgIpc) is 3.43. The number of rotatable bonds is 8. The predicted molar refractivity (Wildman–Crippen MR) is 338 cm³/mol. The minimum Gasteiger partial charge on any atom is -0.440 e. The first-order valence-corrected chi connectivity index (χ1v) is 30.4. The summed E-state index contributed by atoms with van der Waals surface area (Å²) in [5.74, 6) is 1.41. The lowest BCUT2D eigenvalue weighted by atomic mass is 9.33. The van der Waals surface area contributed by atoms with Crippen molar-refractivity contribution in [3.8, 4) is 11.1 Å². The summed E-state index contributed by atoms with van der Waals surface area (Å²) >= 11 is 0. The van der Waals surface area contributed by atoms with E-state index >= 15 is 0 Å². The second-order valence-electron chi connectivity index (χ2n) is 29.6. The van der Waals surface area contributed by atoms with Crippen molar-refractivity contribution in [1.29, 1.82) is 0 Å². The molecular weight excluding hydrogens is 944 g/mol. The van der Waals surface area contributed by atoms with Gasteiger partial charge in [-0.25, -0.2) is 0 Å². The molecule has 3 aliphatic carbocycles. The first-order chi connectivity index (χ1) is 36.7. The maximum Gasteiger partial charge on any atom is 0.257 e. The van der Waals surface area contributed by atoms with Gasteiger partial charge in [-0.1, -0.05) is 179 Å². The molecule has 7 aromatic rings. The minimum absolute atomic E-state index is 0.00593. The molecule has 0 radical (unpaired) electrons. The predicted octanol–water partition coefficient (Wildman–Crippen LogP) is 19.3. The van der Waals surface area contributed by atoms with Crippen LogP contribution in [0, 0.1) is 0 Å². The van der Waals surface area contributed by atoms with Crippen LogP contribution in [0.3, 0.4) is 0 Å². The van der Waals surface area contributed by atoms with E-state index in [1.807, 2.05) is 0 Å². The number of hydrogen-bond acceptors (Lipinski definition) is 3. The third-order valence-electron chi connectivity index (χ3n) is 20.2. The topological polar surface area (TPSA) is 19.6 Å². The van der Waals surface area contributed by atoms with Crippen molar-refractivity contribution >= 4 is 74.5 Å². The molecular formula is C74H89BN2O. The van der Waals surface area contributed by atoms with E-state index in [0.717, 1.165) is 50.0 Å². The normalized spacial score (nSPS) is 18.7. The van der Waals surface area contributed by atoms with Gasteiger partial charge in [-0.05, 0) is 222 Å². The van der Waals surface area contributed by atoms with Crippen molar-refractivity contribution < 1.29 is 4.42 Å². The van der Waals surface area contributed by atoms with Crippen molar-refractivity contribution in [3.05, 3.63) is 153 Å². The van der Waals surface area contributed by atoms with E-state index in [9.17, 15) is 0 Å². The van der Waals surface area contributed by atoms with Gasteiger partial charge in [0.05, 0.1) is 0 Å². The van der Waals surface area contributed by atoms with E-state index in [1.165, 1.54) is 143 Å². The standard InChI is InChI=1S/C74H89BN2O/c1-18-20-23-45(3)55-42-56-65(37-46(55)19-2)78-68-66(56)75-61-43-59-60(74(16,17)33-32-73(59,14)15)44-62(61)76(54-39-51(69(4,5)6)38-52(40-54)70(7,8)9)63-35-50(49-27-26-47-24-21-22-25-48(47)34-49)36-64(67(63)75)77(68)53-28-29-57-58(41-53)72(12,13)31-30-71(57,10)11/h21,24,26-29,34-45H,18-20,22-23,25,30-33H2,1-17H3/t45-/m0/s1. The highest BCUT2D eigenvalue weighted by atomic mass is 16.4. The van der Waals surface area contributed by atoms with Gasteiger partial charge in [0.25, 0.3) is 6.71 Å². The molecule has 5 aliphatic rings. The highest BCUT2D eigenvalue weighted by Crippen LogP contribution is 2.54. The van der Waals surface area contributed by atoms with Crippen LogP contribution in [0.5, 0.6) is 0 Å². The Morgan fingerprint density at radius 1 is 0.590 bits per heavy atom. The van der Waals surface area contributed by atoms with Crippen LogP contribution < -0.4 is 26.2 Å². The molecule has 1 atom stereocenters. The minimum atomic E-state index is -0.0882. The van der Waals surface area contributed by atoms with Crippen LogP contribution in [0.15, 0.2) is 101 Å². The van der Waals surface area contributed by atoms with Gasteiger partial charge in [0.2, 0.25) is 5.88 Å². The van der Waals surface area contributed by atoms with Gasteiger partial charge in [-0.3, -0.25) is 4.90 Å². The van der Waals surface area contributed by atoms with Crippen molar-refractivity contribution in [3.63, 3.8) is 0 Å². The molecule has 2 aliphatic heterocycles. The van der Waals surface area contributed by atoms with Gasteiger partial charge in [0, 0.05) is 39.3 Å². The van der Waals surface area contributed by atoms with Crippen molar-refractivity contribution in [2.75, 3.05) is 9.80 Å². The van der Waals surface area contributed by atoms with Crippen molar-refractivity contribution in [1.82, 2.24) is 0 Å². The summed E-state index contributed by atoms with van der Waals surface area (Å²) in [6.07, 6.45) is 16.0. The van der Waals surface area contributed by atoms with Gasteiger partial charge >= 0.3 is 0 Å². The molecule has 0 saturated carbocycles. The summed E-state index contributed by atoms with van der Waals surface area (Å²) in [4.78, 5) is 5.34. The lowest BCUT2D eigenvalue weighted by Gasteiger charge is -2.47. The molecule has 0 saturated heterocycles. The Balaban J connectivity index is 1.26. The monoisotopic (exact) mass is 1030 g/mol. The molecule has 0 spiro atoms. The lowest BCUT2D eigenvalue weighted by molar-refractivity contribution is 0.332. The highest BCUT2D eigenvalue weighted by Gasteiger charge is 2.50. The fraction of sp³-hybridized carbons (Fsp3) is 0.459. The maximum atomic E-state index is 7.75. The Hall–Kier alpha value is -5.74. The van der Waals surface area contributed by atoms with E-state index in [4.69, 9.17) is 4.42 Å². The molecule has 404 valence electrons. The SMILES string of the molecule is CCCC[C@H](C)c1cc2c3c(oc2cc1CC)N(c1ccc2c(c1)C(C)(C)CCC2(C)C)c1cc(-c2ccc4c(c2)CCC=C4)cc2c1B3c1cc3c(cc1N2c1cc(C(C)(C)C)cc(C(C)(C)C)c1)C(C)(C)CCC3(C)C. The van der Waals surface area contributed by atoms with Gasteiger partial charge in [0.1, 0.15) is 5.58 Å². The number of aryl methyl sites for hydroxylation is 2. The molecule has 0 fully saturated rings. The van der Waals surface area contributed by atoms with E-state index in [2.05, 4.69) is 231 Å². The van der Waals surface area contributed by atoms with E-state index < -0.39 is 0 Å². The Bertz CT molecular complexity index is 3580. The summed E-state index contributed by atoms with van der Waals surface area (Å²) in [6, 6.07) is 37.9. The number of fused-ring (bicyclic) bond motifs is 9. The van der Waals surface area contributed by atoms with Crippen molar-refractivity contribution in [2.24, 2.45) is 0 Å². The molecule has 12 rings (SSSR count). The summed E-state index contributed by atoms with van der Waals surface area (Å²) < 4.78 is 7.75. The molecule has 0 N–H and O–H groups in total. The van der Waals surface area contributed by atoms with Crippen LogP contribution in [0.1, 0.15) is 231 Å². The maximum absolute atomic E-state index is 7.75. The quantitative estimate of drug-likeness (QED) is 0.141. The first-order valence-electron chi connectivity index (χ1n) is 30.4. The van der Waals surface area contributed by atoms with Crippen LogP contribution in [0.25, 0.3) is 28.2 Å². The molecule has 78 heavy (non-hydrogen) atoms. The number of allylic oxidation sites excluding steroid dienone is 1. The van der Waals surface area contributed by atoms with E-state index in [-0.39, 0.29) is 39.2 Å². The van der Waals surface area contributed by atoms with Crippen LogP contribution >= 0.6 is 0 Å². The Morgan fingerprint density at radius 3 is 1.83 bits per heavy atom. The number of unbranched alkanes of at least 4 members (excludes halogenated alkanes) is 1. The Morgan fingerprint density at radius 2 is 1.21 bits per heavy atom. The molecule has 6 aromatic carbocycles. The first kappa shape index (κ1) is 52.9. The van der Waals surface area contributed by atoms with Crippen LogP contribution in [0.2, 0.25) is 0 Å². The summed E-state index contributed by atoms with van der Waals surface area (Å²) in [5.41, 5.74) is 28.0. The van der Waals surface area contributed by atoms with Crippen LogP contribution in [-0.4, -0.2) is 6.71 Å². The van der Waals surface area contributed by atoms with Gasteiger partial charge < -0.3 is 9.32 Å². The zero-order valence-electron chi connectivity index (χ0n) is 50.8. The van der Waals surface area contributed by atoms with E-state index in [1.54, 1.807) is 0 Å². The number of hydrogen-bond donors (Lipinski definition) is 0. The zero-order chi connectivity index (χ0) is 55.4. The second kappa shape index (κ2) is 18.1. The number of benzene rings is 6. The molecule has 3 heterocycles. The number of anilines is 6. The average molecular weight is 1030 g/mol. The third-order valence-corrected chi connectivity index (χ3v) is 20.2. The van der Waals surface area contributed by atoms with Gasteiger partial charge in [-0.15, -0.1) is 0 Å². The number of nitrogens with zero attached hydrogens (tertiary/aromatic N) is 2. The molecule has 1 aromatic heterocycles. The number of furan rings is 1. The summed E-state index contributed by atoms with van der Waals surface area (Å²) in [5, 5.41) is 1.26. The fourth-order valence-corrected chi connectivity index (χ4v) is 14.7. The summed E-state index contributed by atoms with van der Waals surface area (Å²) in [6.45, 7) is 41.2. The smallest absolute Gasteiger partial charge is 0.257 e. The van der Waals surface area contributed by atoms with Crippen molar-refractivity contribution in [2.45, 2.75) is 220 Å². The third kappa shape index (κ3) is 8.49. The second-order valence-corrected chi connectivity index (χ2v) is 29.6. The van der Waals surface area contributed by atoms with Crippen LogP contribution in [0.4, 0.5) is 34.3 Å². The lowest BCUT2D eigenvalue weighted by Crippen LogP contribution is -2.61. The van der Waals surface area contributed by atoms with E-state index in [0.29, 0.717) is 5.92 Å². The van der Waals surface area contributed by atoms with Gasteiger partial charge in [-0.2, -0.15) is 0 Å². The molecule has 4 heteroatoms. The Labute approximate surface area is 470 Å². The zero-order valence-corrected chi connectivity index (χ0v) is 50.8. The van der Waals surface area contributed by atoms with Crippen LogP contribution in [-0.2, 0) is 45.3 Å². The molecule has 0 unspecified atom stereocenters. The highest BCUT2D eigenvalue weighted by molar-refractivity contribution is 7.01. The molecule has 3 nitrogen and oxygen atoms in total. The molecule has 0 bridgehead atoms. The van der Waals surface area contributed by atoms with Gasteiger partial charge in [0.15, 0.2) is 0 Å². The largest absolute Gasteiger partial charge is 0.440 e. The summed E-state index contributed by atoms with van der Waals surface area (Å²) in [7, 11) is 0. The Kier molecular flexibility index (Phi) is 12.3. The molecule has 0 amide bonds. The fourth-order valence-electron chi connectivity index (χ4n) is 14.7.